The smallest absolute Gasteiger partial charge is 0.306 e. The lowest BCUT2D eigenvalue weighted by Gasteiger charge is -2.16. The Bertz CT molecular complexity index is 1040. The van der Waals surface area contributed by atoms with E-state index in [-0.39, 0.29) is 19.2 Å². The van der Waals surface area contributed by atoms with Gasteiger partial charge in [0, 0.05) is 13.0 Å². The Morgan fingerprint density at radius 3 is 1.03 bits per heavy atom. The van der Waals surface area contributed by atoms with Crippen molar-refractivity contribution in [2.75, 3.05) is 19.8 Å². The molecule has 0 fully saturated rings. The minimum Gasteiger partial charge on any atom is -0.457 e. The number of unbranched alkanes of at least 4 members (excludes halogenated alkanes) is 29. The van der Waals surface area contributed by atoms with Gasteiger partial charge in [-0.2, -0.15) is 0 Å². The number of rotatable bonds is 49. The molecule has 0 rings (SSSR count). The van der Waals surface area contributed by atoms with Gasteiger partial charge in [0.15, 0.2) is 0 Å². The van der Waals surface area contributed by atoms with Crippen molar-refractivity contribution in [1.82, 2.24) is 0 Å². The fourth-order valence-corrected chi connectivity index (χ4v) is 7.52. The zero-order valence-corrected chi connectivity index (χ0v) is 40.7. The zero-order chi connectivity index (χ0) is 44.0. The maximum atomic E-state index is 12.3. The van der Waals surface area contributed by atoms with E-state index in [4.69, 9.17) is 9.47 Å². The maximum Gasteiger partial charge on any atom is 0.306 e. The van der Waals surface area contributed by atoms with Crippen molar-refractivity contribution in [2.45, 2.75) is 264 Å². The molecule has 1 N–H and O–H groups in total. The zero-order valence-electron chi connectivity index (χ0n) is 40.7. The van der Waals surface area contributed by atoms with Gasteiger partial charge in [0.1, 0.15) is 6.10 Å². The van der Waals surface area contributed by atoms with E-state index in [1.54, 1.807) is 0 Å². The van der Waals surface area contributed by atoms with Gasteiger partial charge in [-0.3, -0.25) is 4.79 Å². The molecule has 0 radical (unpaired) electrons. The quantitative estimate of drug-likeness (QED) is 0.0376. The Kier molecular flexibility index (Phi) is 52.0. The summed E-state index contributed by atoms with van der Waals surface area (Å²) in [6.45, 7) is 5.33. The van der Waals surface area contributed by atoms with Gasteiger partial charge >= 0.3 is 5.97 Å². The molecule has 0 aliphatic rings. The topological polar surface area (TPSA) is 55.8 Å². The second-order valence-corrected chi connectivity index (χ2v) is 17.6. The van der Waals surface area contributed by atoms with E-state index in [2.05, 4.69) is 86.8 Å². The molecule has 0 aromatic rings. The van der Waals surface area contributed by atoms with Gasteiger partial charge in [-0.05, 0) is 89.9 Å². The predicted octanol–water partition coefficient (Wildman–Crippen LogP) is 18.1. The highest BCUT2D eigenvalue weighted by Gasteiger charge is 2.13. The van der Waals surface area contributed by atoms with Crippen LogP contribution in [-0.4, -0.2) is 37.0 Å². The van der Waals surface area contributed by atoms with E-state index in [1.165, 1.54) is 193 Å². The number of ether oxygens (including phenoxy) is 2. The number of hydrogen-bond acceptors (Lipinski definition) is 4. The van der Waals surface area contributed by atoms with Crippen LogP contribution in [-0.2, 0) is 14.3 Å². The lowest BCUT2D eigenvalue weighted by atomic mass is 10.1. The third kappa shape index (κ3) is 52.1. The predicted molar refractivity (Wildman–Crippen MR) is 269 cm³/mol. The summed E-state index contributed by atoms with van der Waals surface area (Å²) in [6, 6.07) is 0. The van der Waals surface area contributed by atoms with Crippen molar-refractivity contribution in [3.8, 4) is 0 Å². The van der Waals surface area contributed by atoms with Crippen LogP contribution < -0.4 is 0 Å². The fourth-order valence-electron chi connectivity index (χ4n) is 7.52. The molecule has 0 saturated heterocycles. The molecule has 1 atom stereocenters. The molecule has 0 bridgehead atoms. The van der Waals surface area contributed by atoms with E-state index in [0.29, 0.717) is 13.0 Å². The fraction of sp³-hybridized carbons (Fsp3) is 0.772. The van der Waals surface area contributed by atoms with Crippen LogP contribution in [0.3, 0.4) is 0 Å². The van der Waals surface area contributed by atoms with Gasteiger partial charge in [0.25, 0.3) is 0 Å². The summed E-state index contributed by atoms with van der Waals surface area (Å²) in [6.07, 6.45) is 74.2. The van der Waals surface area contributed by atoms with E-state index in [0.717, 1.165) is 44.9 Å². The van der Waals surface area contributed by atoms with Crippen LogP contribution in [0.15, 0.2) is 72.9 Å². The van der Waals surface area contributed by atoms with Crippen LogP contribution in [0.2, 0.25) is 0 Å². The van der Waals surface area contributed by atoms with Crippen LogP contribution in [0.1, 0.15) is 258 Å². The van der Waals surface area contributed by atoms with Crippen LogP contribution in [0.4, 0.5) is 0 Å². The third-order valence-corrected chi connectivity index (χ3v) is 11.5. The summed E-state index contributed by atoms with van der Waals surface area (Å²) in [5, 5.41) is 9.66. The summed E-state index contributed by atoms with van der Waals surface area (Å²) in [5.41, 5.74) is 0. The molecule has 0 aromatic carbocycles. The lowest BCUT2D eigenvalue weighted by molar-refractivity contribution is -0.154. The number of allylic oxidation sites excluding steroid dienone is 12. The highest BCUT2D eigenvalue weighted by molar-refractivity contribution is 5.69. The van der Waals surface area contributed by atoms with Gasteiger partial charge in [-0.15, -0.1) is 0 Å². The van der Waals surface area contributed by atoms with Crippen LogP contribution >= 0.6 is 0 Å². The second-order valence-electron chi connectivity index (χ2n) is 17.6. The second kappa shape index (κ2) is 54.0. The Morgan fingerprint density at radius 1 is 0.393 bits per heavy atom. The van der Waals surface area contributed by atoms with Crippen LogP contribution in [0.5, 0.6) is 0 Å². The van der Waals surface area contributed by atoms with E-state index in [1.807, 2.05) is 0 Å². The molecule has 354 valence electrons. The first-order valence-corrected chi connectivity index (χ1v) is 26.5. The molecule has 4 heteroatoms. The first kappa shape index (κ1) is 58.8. The molecule has 0 aliphatic heterocycles. The monoisotopic (exact) mass is 851 g/mol. The van der Waals surface area contributed by atoms with Crippen molar-refractivity contribution in [1.29, 1.82) is 0 Å². The molecule has 0 aromatic heterocycles. The van der Waals surface area contributed by atoms with Crippen molar-refractivity contribution in [3.63, 3.8) is 0 Å². The van der Waals surface area contributed by atoms with Crippen molar-refractivity contribution < 1.29 is 19.4 Å². The van der Waals surface area contributed by atoms with Gasteiger partial charge in [-0.1, -0.05) is 234 Å². The number of aliphatic hydroxyl groups excluding tert-OH is 1. The van der Waals surface area contributed by atoms with Gasteiger partial charge in [0.2, 0.25) is 0 Å². The molecular weight excluding hydrogens is 749 g/mol. The molecule has 1 unspecified atom stereocenters. The summed E-state index contributed by atoms with van der Waals surface area (Å²) >= 11 is 0. The number of aliphatic hydroxyl groups is 1. The van der Waals surface area contributed by atoms with Crippen LogP contribution in [0.25, 0.3) is 0 Å². The molecule has 0 amide bonds. The molecule has 0 saturated carbocycles. The number of esters is 1. The van der Waals surface area contributed by atoms with Crippen molar-refractivity contribution >= 4 is 5.97 Å². The first-order chi connectivity index (χ1) is 30.2. The SMILES string of the molecule is CCCCCCC/C=C\C/C=C\C/C=C\CCCCCCCCCCCCCOCC(CO)OC(=O)CCCCCCCCCC/C=C\C/C=C\C/C=C\CCCCCCC. The minimum absolute atomic E-state index is 0.178. The largest absolute Gasteiger partial charge is 0.457 e. The number of carbonyl (C=O) groups excluding carboxylic acids is 1. The van der Waals surface area contributed by atoms with E-state index >= 15 is 0 Å². The first-order valence-electron chi connectivity index (χ1n) is 26.5. The Labute approximate surface area is 380 Å². The summed E-state index contributed by atoms with van der Waals surface area (Å²) in [7, 11) is 0. The summed E-state index contributed by atoms with van der Waals surface area (Å²) in [5.74, 6) is -0.208. The van der Waals surface area contributed by atoms with Crippen molar-refractivity contribution in [3.05, 3.63) is 72.9 Å². The lowest BCUT2D eigenvalue weighted by Crippen LogP contribution is -2.27. The van der Waals surface area contributed by atoms with E-state index < -0.39 is 6.10 Å². The number of hydrogen-bond donors (Lipinski definition) is 1. The Hall–Kier alpha value is -2.17. The minimum atomic E-state index is -0.545. The summed E-state index contributed by atoms with van der Waals surface area (Å²) < 4.78 is 11.2. The maximum absolute atomic E-state index is 12.3. The van der Waals surface area contributed by atoms with Crippen LogP contribution in [0, 0.1) is 0 Å². The molecule has 0 heterocycles. The molecule has 4 nitrogen and oxygen atoms in total. The van der Waals surface area contributed by atoms with Crippen molar-refractivity contribution in [2.24, 2.45) is 0 Å². The molecule has 61 heavy (non-hydrogen) atoms. The standard InChI is InChI=1S/C57H102O4/c1-3-5-7-9-11-13-15-17-19-21-23-25-27-28-29-31-33-35-37-39-41-43-45-47-49-51-53-60-55-56(54-58)61-57(59)52-50-48-46-44-42-40-38-36-34-32-30-26-24-22-20-18-16-14-12-10-8-6-4-2/h15-18,21-24,27-28,30,32,56,58H,3-14,19-20,25-26,29,31,33-55H2,1-2H3/b17-15-,18-16-,23-21-,24-22-,28-27-,32-30-. The highest BCUT2D eigenvalue weighted by Crippen LogP contribution is 2.14. The summed E-state index contributed by atoms with van der Waals surface area (Å²) in [4.78, 5) is 12.3. The van der Waals surface area contributed by atoms with E-state index in [9.17, 15) is 9.90 Å². The van der Waals surface area contributed by atoms with Gasteiger partial charge < -0.3 is 14.6 Å². The average molecular weight is 851 g/mol. The average Bonchev–Trinajstić information content (AvgIpc) is 3.27. The Balaban J connectivity index is 3.45. The molecule has 0 aliphatic carbocycles. The number of carbonyl (C=O) groups is 1. The molecular formula is C57H102O4. The van der Waals surface area contributed by atoms with Gasteiger partial charge in [0.05, 0.1) is 13.2 Å². The normalized spacial score (nSPS) is 12.9. The highest BCUT2D eigenvalue weighted by atomic mass is 16.6. The van der Waals surface area contributed by atoms with Gasteiger partial charge in [-0.25, -0.2) is 0 Å². The third-order valence-electron chi connectivity index (χ3n) is 11.5. The Morgan fingerprint density at radius 2 is 0.689 bits per heavy atom. The molecule has 0 spiro atoms.